The zero-order chi connectivity index (χ0) is 13.4. The molecule has 4 atom stereocenters. The summed E-state index contributed by atoms with van der Waals surface area (Å²) in [5.74, 6) is 2.42. The first-order chi connectivity index (χ1) is 9.18. The number of likely N-dealkylation sites (N-methyl/N-ethyl adjacent to an activating group) is 1. The quantitative estimate of drug-likeness (QED) is 0.781. The van der Waals surface area contributed by atoms with Crippen molar-refractivity contribution in [2.75, 3.05) is 27.2 Å². The first-order valence-corrected chi connectivity index (χ1v) is 8.13. The lowest BCUT2D eigenvalue weighted by Gasteiger charge is -2.37. The van der Waals surface area contributed by atoms with E-state index in [4.69, 9.17) is 0 Å². The minimum atomic E-state index is 0.408. The van der Waals surface area contributed by atoms with Crippen LogP contribution in [0.25, 0.3) is 0 Å². The van der Waals surface area contributed by atoms with Crippen LogP contribution in [0.5, 0.6) is 0 Å². The van der Waals surface area contributed by atoms with Crippen molar-refractivity contribution in [2.24, 2.45) is 17.8 Å². The van der Waals surface area contributed by atoms with Gasteiger partial charge in [0.05, 0.1) is 0 Å². The number of amides is 1. The van der Waals surface area contributed by atoms with Crippen LogP contribution in [0.2, 0.25) is 0 Å². The summed E-state index contributed by atoms with van der Waals surface area (Å²) in [6.07, 6.45) is 9.03. The van der Waals surface area contributed by atoms with Crippen molar-refractivity contribution >= 4 is 5.91 Å². The van der Waals surface area contributed by atoms with Gasteiger partial charge in [-0.2, -0.15) is 0 Å². The third-order valence-corrected chi connectivity index (χ3v) is 5.43. The average Bonchev–Trinajstić information content (AvgIpc) is 3.12. The zero-order valence-corrected chi connectivity index (χ0v) is 12.5. The van der Waals surface area contributed by atoms with Gasteiger partial charge >= 0.3 is 0 Å². The zero-order valence-electron chi connectivity index (χ0n) is 12.5. The van der Waals surface area contributed by atoms with Gasteiger partial charge in [-0.25, -0.2) is 0 Å². The molecule has 1 aliphatic heterocycles. The minimum Gasteiger partial charge on any atom is -0.338 e. The lowest BCUT2D eigenvalue weighted by Crippen LogP contribution is -2.49. The van der Waals surface area contributed by atoms with Gasteiger partial charge in [0.15, 0.2) is 0 Å². The first kappa shape index (κ1) is 13.4. The van der Waals surface area contributed by atoms with Crippen LogP contribution in [0.4, 0.5) is 0 Å². The summed E-state index contributed by atoms with van der Waals surface area (Å²) in [4.78, 5) is 17.3. The Bertz CT molecular complexity index is 330. The van der Waals surface area contributed by atoms with Gasteiger partial charge in [0.2, 0.25) is 5.91 Å². The molecule has 1 heterocycles. The van der Waals surface area contributed by atoms with Gasteiger partial charge in [-0.1, -0.05) is 12.8 Å². The van der Waals surface area contributed by atoms with Gasteiger partial charge in [0.1, 0.15) is 0 Å². The highest BCUT2D eigenvalue weighted by Gasteiger charge is 2.56. The van der Waals surface area contributed by atoms with Crippen molar-refractivity contribution in [1.29, 1.82) is 0 Å². The summed E-state index contributed by atoms with van der Waals surface area (Å²) in [7, 11) is 4.24. The van der Waals surface area contributed by atoms with E-state index in [1.165, 1.54) is 44.9 Å². The van der Waals surface area contributed by atoms with Gasteiger partial charge in [-0.05, 0) is 58.0 Å². The standard InChI is InChI=1S/C16H28N2O/c1-17(2)11-12-7-5-6-10-18(12)16(19)15-13-8-3-4-9-14(13)15/h12-15H,3-11H2,1-2H3/t12-,13-,14+,15?/m1/s1. The Balaban J connectivity index is 1.64. The molecule has 3 aliphatic rings. The second-order valence-corrected chi connectivity index (χ2v) is 7.08. The monoisotopic (exact) mass is 264 g/mol. The molecule has 19 heavy (non-hydrogen) atoms. The third kappa shape index (κ3) is 2.67. The Morgan fingerprint density at radius 3 is 2.32 bits per heavy atom. The highest BCUT2D eigenvalue weighted by atomic mass is 16.2. The van der Waals surface area contributed by atoms with Gasteiger partial charge in [-0.15, -0.1) is 0 Å². The number of rotatable bonds is 3. The molecular formula is C16H28N2O. The first-order valence-electron chi connectivity index (χ1n) is 8.13. The number of piperidine rings is 1. The number of hydrogen-bond acceptors (Lipinski definition) is 2. The Kier molecular flexibility index (Phi) is 3.84. The van der Waals surface area contributed by atoms with E-state index in [0.29, 0.717) is 17.9 Å². The van der Waals surface area contributed by atoms with Gasteiger partial charge in [0.25, 0.3) is 0 Å². The molecule has 1 amide bonds. The highest BCUT2D eigenvalue weighted by Crippen LogP contribution is 2.56. The number of hydrogen-bond donors (Lipinski definition) is 0. The largest absolute Gasteiger partial charge is 0.338 e. The molecule has 108 valence electrons. The van der Waals surface area contributed by atoms with Crippen molar-refractivity contribution in [3.8, 4) is 0 Å². The molecule has 0 bridgehead atoms. The number of carbonyl (C=O) groups excluding carboxylic acids is 1. The fraction of sp³-hybridized carbons (Fsp3) is 0.938. The molecule has 0 aromatic rings. The van der Waals surface area contributed by atoms with E-state index in [1.54, 1.807) is 0 Å². The van der Waals surface area contributed by atoms with Gasteiger partial charge < -0.3 is 9.80 Å². The Morgan fingerprint density at radius 1 is 1.05 bits per heavy atom. The van der Waals surface area contributed by atoms with E-state index in [9.17, 15) is 4.79 Å². The van der Waals surface area contributed by atoms with E-state index < -0.39 is 0 Å². The maximum Gasteiger partial charge on any atom is 0.226 e. The van der Waals surface area contributed by atoms with Crippen molar-refractivity contribution in [3.63, 3.8) is 0 Å². The predicted octanol–water partition coefficient (Wildman–Crippen LogP) is 2.37. The molecule has 0 aromatic carbocycles. The minimum absolute atomic E-state index is 0.408. The molecule has 0 aromatic heterocycles. The van der Waals surface area contributed by atoms with Crippen LogP contribution in [-0.2, 0) is 4.79 Å². The molecule has 3 rings (SSSR count). The molecule has 0 spiro atoms. The number of nitrogens with zero attached hydrogens (tertiary/aromatic N) is 2. The third-order valence-electron chi connectivity index (χ3n) is 5.43. The molecule has 2 aliphatic carbocycles. The van der Waals surface area contributed by atoms with Crippen molar-refractivity contribution in [3.05, 3.63) is 0 Å². The summed E-state index contributed by atoms with van der Waals surface area (Å²) in [6, 6.07) is 0.471. The summed E-state index contributed by atoms with van der Waals surface area (Å²) in [5.41, 5.74) is 0. The number of carbonyl (C=O) groups is 1. The maximum absolute atomic E-state index is 12.8. The van der Waals surface area contributed by atoms with Crippen molar-refractivity contribution < 1.29 is 4.79 Å². The van der Waals surface area contributed by atoms with E-state index in [0.717, 1.165) is 24.9 Å². The lowest BCUT2D eigenvalue weighted by molar-refractivity contribution is -0.137. The predicted molar refractivity (Wildman–Crippen MR) is 76.8 cm³/mol. The van der Waals surface area contributed by atoms with Crippen LogP contribution in [0.1, 0.15) is 44.9 Å². The van der Waals surface area contributed by atoms with E-state index in [1.807, 2.05) is 0 Å². The fourth-order valence-electron chi connectivity index (χ4n) is 4.45. The average molecular weight is 264 g/mol. The smallest absolute Gasteiger partial charge is 0.226 e. The summed E-state index contributed by atoms with van der Waals surface area (Å²) in [5, 5.41) is 0. The molecule has 1 unspecified atom stereocenters. The fourth-order valence-corrected chi connectivity index (χ4v) is 4.45. The lowest BCUT2D eigenvalue weighted by atomic mass is 10.0. The highest BCUT2D eigenvalue weighted by molar-refractivity contribution is 5.82. The summed E-state index contributed by atoms with van der Waals surface area (Å²) in [6.45, 7) is 2.04. The second-order valence-electron chi connectivity index (χ2n) is 7.08. The molecule has 3 fully saturated rings. The molecule has 3 heteroatoms. The van der Waals surface area contributed by atoms with Crippen molar-refractivity contribution in [2.45, 2.75) is 51.0 Å². The van der Waals surface area contributed by atoms with Crippen LogP contribution < -0.4 is 0 Å². The van der Waals surface area contributed by atoms with Gasteiger partial charge in [-0.3, -0.25) is 4.79 Å². The number of likely N-dealkylation sites (tertiary alicyclic amines) is 1. The molecule has 1 saturated heterocycles. The van der Waals surface area contributed by atoms with Crippen LogP contribution in [0.3, 0.4) is 0 Å². The second kappa shape index (κ2) is 5.43. The maximum atomic E-state index is 12.8. The van der Waals surface area contributed by atoms with Crippen LogP contribution in [0.15, 0.2) is 0 Å². The molecule has 0 N–H and O–H groups in total. The molecule has 0 radical (unpaired) electrons. The molecular weight excluding hydrogens is 236 g/mol. The Labute approximate surface area is 117 Å². The number of fused-ring (bicyclic) bond motifs is 1. The Morgan fingerprint density at radius 2 is 1.68 bits per heavy atom. The van der Waals surface area contributed by atoms with Crippen molar-refractivity contribution in [1.82, 2.24) is 9.80 Å². The normalized spacial score (nSPS) is 38.2. The van der Waals surface area contributed by atoms with Crippen LogP contribution >= 0.6 is 0 Å². The topological polar surface area (TPSA) is 23.6 Å². The molecule has 3 nitrogen and oxygen atoms in total. The van der Waals surface area contributed by atoms with E-state index in [-0.39, 0.29) is 0 Å². The summed E-state index contributed by atoms with van der Waals surface area (Å²) >= 11 is 0. The van der Waals surface area contributed by atoms with Gasteiger partial charge in [0, 0.05) is 25.0 Å². The Hall–Kier alpha value is -0.570. The molecule has 2 saturated carbocycles. The van der Waals surface area contributed by atoms with E-state index in [2.05, 4.69) is 23.9 Å². The SMILES string of the molecule is CN(C)C[C@H]1CCCCN1C(=O)C1[C@H]2CCCC[C@@H]12. The van der Waals surface area contributed by atoms with Crippen LogP contribution in [-0.4, -0.2) is 48.9 Å². The van der Waals surface area contributed by atoms with E-state index >= 15 is 0 Å². The van der Waals surface area contributed by atoms with Crippen LogP contribution in [0, 0.1) is 17.8 Å². The summed E-state index contributed by atoms with van der Waals surface area (Å²) < 4.78 is 0.